The Bertz CT molecular complexity index is 974. The third kappa shape index (κ3) is 4.74. The summed E-state index contributed by atoms with van der Waals surface area (Å²) in [5.41, 5.74) is 1.24. The SMILES string of the molecule is CN(Cc1c(F)cccc1Cl)C(=O)COC(=O)c1csc(-c2ccccc2)n1. The number of hydrogen-bond donors (Lipinski definition) is 0. The van der Waals surface area contributed by atoms with Crippen LogP contribution in [0.5, 0.6) is 0 Å². The van der Waals surface area contributed by atoms with Crippen molar-refractivity contribution in [2.24, 2.45) is 0 Å². The molecule has 1 amide bonds. The van der Waals surface area contributed by atoms with Gasteiger partial charge in [-0.15, -0.1) is 11.3 Å². The molecular weight excluding hydrogens is 403 g/mol. The fraction of sp³-hybridized carbons (Fsp3) is 0.150. The van der Waals surface area contributed by atoms with E-state index in [1.54, 1.807) is 11.4 Å². The molecule has 1 aromatic heterocycles. The average Bonchev–Trinajstić information content (AvgIpc) is 3.19. The van der Waals surface area contributed by atoms with Gasteiger partial charge in [-0.05, 0) is 12.1 Å². The molecule has 0 saturated heterocycles. The molecule has 0 bridgehead atoms. The van der Waals surface area contributed by atoms with Gasteiger partial charge in [0.1, 0.15) is 10.8 Å². The Morgan fingerprint density at radius 1 is 1.18 bits per heavy atom. The summed E-state index contributed by atoms with van der Waals surface area (Å²) < 4.78 is 18.9. The lowest BCUT2D eigenvalue weighted by atomic mass is 10.2. The number of carbonyl (C=O) groups excluding carboxylic acids is 2. The highest BCUT2D eigenvalue weighted by Gasteiger charge is 2.18. The van der Waals surface area contributed by atoms with E-state index in [0.29, 0.717) is 5.01 Å². The quantitative estimate of drug-likeness (QED) is 0.556. The maximum absolute atomic E-state index is 13.8. The lowest BCUT2D eigenvalue weighted by Gasteiger charge is -2.18. The fourth-order valence-electron chi connectivity index (χ4n) is 2.40. The summed E-state index contributed by atoms with van der Waals surface area (Å²) in [6.45, 7) is -0.504. The van der Waals surface area contributed by atoms with Crippen LogP contribution >= 0.6 is 22.9 Å². The number of ether oxygens (including phenoxy) is 1. The van der Waals surface area contributed by atoms with Gasteiger partial charge in [0.05, 0.1) is 0 Å². The number of nitrogens with zero attached hydrogens (tertiary/aromatic N) is 2. The molecule has 3 rings (SSSR count). The van der Waals surface area contributed by atoms with Gasteiger partial charge in [-0.2, -0.15) is 0 Å². The van der Waals surface area contributed by atoms with Crippen molar-refractivity contribution in [1.29, 1.82) is 0 Å². The minimum atomic E-state index is -0.691. The zero-order valence-corrected chi connectivity index (χ0v) is 16.5. The lowest BCUT2D eigenvalue weighted by Crippen LogP contribution is -2.31. The number of aromatic nitrogens is 1. The third-order valence-corrected chi connectivity index (χ3v) is 5.19. The molecule has 28 heavy (non-hydrogen) atoms. The molecule has 0 atom stereocenters. The number of rotatable bonds is 6. The van der Waals surface area contributed by atoms with E-state index in [1.807, 2.05) is 30.3 Å². The number of carbonyl (C=O) groups is 2. The Hall–Kier alpha value is -2.77. The van der Waals surface area contributed by atoms with Gasteiger partial charge in [-0.25, -0.2) is 14.2 Å². The van der Waals surface area contributed by atoms with Crippen LogP contribution in [0.2, 0.25) is 5.02 Å². The van der Waals surface area contributed by atoms with Gasteiger partial charge in [0.15, 0.2) is 12.3 Å². The molecule has 5 nitrogen and oxygen atoms in total. The molecule has 1 heterocycles. The summed E-state index contributed by atoms with van der Waals surface area (Å²) in [5.74, 6) is -1.67. The van der Waals surface area contributed by atoms with Crippen LogP contribution < -0.4 is 0 Å². The van der Waals surface area contributed by atoms with Crippen LogP contribution in [-0.4, -0.2) is 35.4 Å². The first-order valence-corrected chi connectivity index (χ1v) is 9.56. The molecule has 0 spiro atoms. The van der Waals surface area contributed by atoms with E-state index in [1.165, 1.54) is 35.4 Å². The first-order chi connectivity index (χ1) is 13.5. The van der Waals surface area contributed by atoms with E-state index < -0.39 is 24.3 Å². The normalized spacial score (nSPS) is 10.5. The second-order valence-electron chi connectivity index (χ2n) is 5.93. The number of hydrogen-bond acceptors (Lipinski definition) is 5. The average molecular weight is 419 g/mol. The Morgan fingerprint density at radius 3 is 2.64 bits per heavy atom. The van der Waals surface area contributed by atoms with Crippen molar-refractivity contribution in [2.75, 3.05) is 13.7 Å². The summed E-state index contributed by atoms with van der Waals surface area (Å²) in [7, 11) is 1.48. The summed E-state index contributed by atoms with van der Waals surface area (Å²) in [4.78, 5) is 29.8. The van der Waals surface area contributed by atoms with Crippen molar-refractivity contribution in [3.63, 3.8) is 0 Å². The highest BCUT2D eigenvalue weighted by Crippen LogP contribution is 2.24. The maximum atomic E-state index is 13.8. The van der Waals surface area contributed by atoms with Crippen LogP contribution in [0.1, 0.15) is 16.1 Å². The van der Waals surface area contributed by atoms with Crippen LogP contribution in [0.25, 0.3) is 10.6 Å². The minimum Gasteiger partial charge on any atom is -0.451 e. The summed E-state index contributed by atoms with van der Waals surface area (Å²) in [6, 6.07) is 13.7. The van der Waals surface area contributed by atoms with Crippen LogP contribution in [0.15, 0.2) is 53.9 Å². The van der Waals surface area contributed by atoms with Crippen molar-refractivity contribution in [2.45, 2.75) is 6.54 Å². The van der Waals surface area contributed by atoms with Crippen molar-refractivity contribution < 1.29 is 18.7 Å². The number of amides is 1. The largest absolute Gasteiger partial charge is 0.451 e. The third-order valence-electron chi connectivity index (χ3n) is 3.94. The molecule has 0 aliphatic heterocycles. The zero-order valence-electron chi connectivity index (χ0n) is 14.9. The van der Waals surface area contributed by atoms with Crippen LogP contribution in [0, 0.1) is 5.82 Å². The van der Waals surface area contributed by atoms with E-state index in [0.717, 1.165) is 5.56 Å². The highest BCUT2D eigenvalue weighted by atomic mass is 35.5. The summed E-state index contributed by atoms with van der Waals surface area (Å²) >= 11 is 7.28. The van der Waals surface area contributed by atoms with E-state index in [2.05, 4.69) is 4.98 Å². The van der Waals surface area contributed by atoms with E-state index in [-0.39, 0.29) is 22.8 Å². The van der Waals surface area contributed by atoms with Gasteiger partial charge in [0.2, 0.25) is 0 Å². The molecule has 8 heteroatoms. The first kappa shape index (κ1) is 20.0. The highest BCUT2D eigenvalue weighted by molar-refractivity contribution is 7.13. The Labute approximate surface area is 170 Å². The molecule has 2 aromatic carbocycles. The Morgan fingerprint density at radius 2 is 1.93 bits per heavy atom. The number of benzene rings is 2. The minimum absolute atomic E-state index is 0.0310. The number of halogens is 2. The smallest absolute Gasteiger partial charge is 0.358 e. The van der Waals surface area contributed by atoms with Gasteiger partial charge >= 0.3 is 5.97 Å². The van der Waals surface area contributed by atoms with Crippen LogP contribution in [-0.2, 0) is 16.1 Å². The van der Waals surface area contributed by atoms with E-state index in [9.17, 15) is 14.0 Å². The van der Waals surface area contributed by atoms with Crippen molar-refractivity contribution in [3.05, 3.63) is 76.0 Å². The zero-order chi connectivity index (χ0) is 20.1. The maximum Gasteiger partial charge on any atom is 0.358 e. The topological polar surface area (TPSA) is 59.5 Å². The monoisotopic (exact) mass is 418 g/mol. The number of likely N-dealkylation sites (N-methyl/N-ethyl adjacent to an activating group) is 1. The molecule has 0 aliphatic carbocycles. The van der Waals surface area contributed by atoms with Crippen LogP contribution in [0.3, 0.4) is 0 Å². The lowest BCUT2D eigenvalue weighted by molar-refractivity contribution is -0.133. The van der Waals surface area contributed by atoms with Gasteiger partial charge < -0.3 is 9.64 Å². The second kappa shape index (κ2) is 8.95. The molecule has 0 radical (unpaired) electrons. The van der Waals surface area contributed by atoms with Crippen molar-refractivity contribution in [3.8, 4) is 10.6 Å². The summed E-state index contributed by atoms with van der Waals surface area (Å²) in [6.07, 6.45) is 0. The standard InChI is InChI=1S/C20H16ClFN2O3S/c1-24(10-14-15(21)8-5-9-16(14)22)18(25)11-27-20(26)17-12-28-19(23-17)13-6-3-2-4-7-13/h2-9,12H,10-11H2,1H3. The fourth-order valence-corrected chi connectivity index (χ4v) is 3.42. The summed E-state index contributed by atoms with van der Waals surface area (Å²) in [5, 5.41) is 2.50. The van der Waals surface area contributed by atoms with E-state index in [4.69, 9.17) is 16.3 Å². The van der Waals surface area contributed by atoms with Gasteiger partial charge in [-0.1, -0.05) is 48.0 Å². The number of thiazole rings is 1. The molecule has 0 fully saturated rings. The molecule has 3 aromatic rings. The van der Waals surface area contributed by atoms with Gasteiger partial charge in [0, 0.05) is 35.1 Å². The Balaban J connectivity index is 1.57. The molecule has 144 valence electrons. The van der Waals surface area contributed by atoms with Gasteiger partial charge in [0.25, 0.3) is 5.91 Å². The molecule has 0 N–H and O–H groups in total. The Kier molecular flexibility index (Phi) is 6.38. The predicted octanol–water partition coefficient (Wildman–Crippen LogP) is 4.42. The molecule has 0 aliphatic rings. The van der Waals surface area contributed by atoms with Crippen LogP contribution in [0.4, 0.5) is 4.39 Å². The molecule has 0 unspecified atom stereocenters. The van der Waals surface area contributed by atoms with Gasteiger partial charge in [-0.3, -0.25) is 4.79 Å². The molecular formula is C20H16ClFN2O3S. The predicted molar refractivity (Wildman–Crippen MR) is 106 cm³/mol. The van der Waals surface area contributed by atoms with Crippen molar-refractivity contribution >= 4 is 34.8 Å². The van der Waals surface area contributed by atoms with E-state index >= 15 is 0 Å². The molecule has 0 saturated carbocycles. The number of esters is 1. The first-order valence-electron chi connectivity index (χ1n) is 8.30. The van der Waals surface area contributed by atoms with Crippen molar-refractivity contribution in [1.82, 2.24) is 9.88 Å². The second-order valence-corrected chi connectivity index (χ2v) is 7.20.